The molecule has 1 aliphatic rings. The third-order valence-corrected chi connectivity index (χ3v) is 2.30. The van der Waals surface area contributed by atoms with Gasteiger partial charge in [0.15, 0.2) is 0 Å². The smallest absolute Gasteiger partial charge is 0.293 e. The summed E-state index contributed by atoms with van der Waals surface area (Å²) in [4.78, 5) is 7.92. The number of pyridine rings is 1. The molecule has 5 heteroatoms. The van der Waals surface area contributed by atoms with Gasteiger partial charge in [-0.1, -0.05) is 6.08 Å². The van der Waals surface area contributed by atoms with Crippen LogP contribution in [-0.4, -0.2) is 17.7 Å². The van der Waals surface area contributed by atoms with Crippen LogP contribution in [0.15, 0.2) is 29.4 Å². The molecule has 1 aromatic rings. The van der Waals surface area contributed by atoms with Crippen molar-refractivity contribution in [1.29, 1.82) is 0 Å². The first kappa shape index (κ1) is 10.9. The van der Waals surface area contributed by atoms with E-state index in [1.165, 1.54) is 6.20 Å². The molecule has 16 heavy (non-hydrogen) atoms. The fraction of sp³-hybridized carbons (Fsp3) is 0.273. The summed E-state index contributed by atoms with van der Waals surface area (Å²) in [5.41, 5.74) is 0.503. The van der Waals surface area contributed by atoms with E-state index in [1.807, 2.05) is 0 Å². The first-order valence-electron chi connectivity index (χ1n) is 4.78. The zero-order chi connectivity index (χ0) is 11.6. The van der Waals surface area contributed by atoms with Crippen LogP contribution in [0.25, 0.3) is 5.57 Å². The standard InChI is InChI=1S/C11H9F3N2/c12-11(13,14)9-3-6-16-10(7-9)8-1-4-15-5-2-8/h1,3,5-7H,2,4H2. The lowest BCUT2D eigenvalue weighted by Crippen LogP contribution is -2.06. The Morgan fingerprint density at radius 2 is 2.06 bits per heavy atom. The maximum Gasteiger partial charge on any atom is 0.416 e. The van der Waals surface area contributed by atoms with Crippen molar-refractivity contribution in [1.82, 2.24) is 4.98 Å². The maximum absolute atomic E-state index is 12.5. The van der Waals surface area contributed by atoms with Crippen molar-refractivity contribution >= 4 is 11.8 Å². The largest absolute Gasteiger partial charge is 0.416 e. The molecule has 1 aromatic heterocycles. The van der Waals surface area contributed by atoms with Crippen molar-refractivity contribution in [2.24, 2.45) is 4.99 Å². The molecule has 0 atom stereocenters. The molecule has 0 N–H and O–H groups in total. The quantitative estimate of drug-likeness (QED) is 0.722. The molecule has 84 valence electrons. The van der Waals surface area contributed by atoms with Gasteiger partial charge in [0, 0.05) is 18.8 Å². The van der Waals surface area contributed by atoms with Crippen molar-refractivity contribution < 1.29 is 13.2 Å². The van der Waals surface area contributed by atoms with Gasteiger partial charge in [-0.25, -0.2) is 0 Å². The Balaban J connectivity index is 2.32. The van der Waals surface area contributed by atoms with E-state index in [9.17, 15) is 13.2 Å². The fourth-order valence-electron chi connectivity index (χ4n) is 1.48. The second-order valence-electron chi connectivity index (χ2n) is 3.41. The molecule has 2 rings (SSSR count). The third kappa shape index (κ3) is 2.29. The highest BCUT2D eigenvalue weighted by atomic mass is 19.4. The summed E-state index contributed by atoms with van der Waals surface area (Å²) in [5, 5.41) is 0. The Morgan fingerprint density at radius 3 is 2.69 bits per heavy atom. The number of aliphatic imine (C=N–C) groups is 1. The van der Waals surface area contributed by atoms with Crippen LogP contribution in [0.3, 0.4) is 0 Å². The Morgan fingerprint density at radius 1 is 1.25 bits per heavy atom. The number of rotatable bonds is 1. The van der Waals surface area contributed by atoms with Gasteiger partial charge in [-0.15, -0.1) is 0 Å². The number of alkyl halides is 3. The van der Waals surface area contributed by atoms with E-state index >= 15 is 0 Å². The van der Waals surface area contributed by atoms with Gasteiger partial charge in [-0.3, -0.25) is 9.98 Å². The van der Waals surface area contributed by atoms with E-state index < -0.39 is 11.7 Å². The molecule has 2 heterocycles. The molecule has 0 aliphatic carbocycles. The first-order valence-corrected chi connectivity index (χ1v) is 4.78. The van der Waals surface area contributed by atoms with Gasteiger partial charge in [0.2, 0.25) is 0 Å². The van der Waals surface area contributed by atoms with Crippen molar-refractivity contribution in [3.05, 3.63) is 35.7 Å². The normalized spacial score (nSPS) is 16.1. The average Bonchev–Trinajstić information content (AvgIpc) is 2.29. The average molecular weight is 226 g/mol. The minimum absolute atomic E-state index is 0.376. The molecule has 1 aliphatic heterocycles. The lowest BCUT2D eigenvalue weighted by atomic mass is 10.1. The highest BCUT2D eigenvalue weighted by molar-refractivity contribution is 5.80. The number of allylic oxidation sites excluding steroid dienone is 1. The number of hydrogen-bond acceptors (Lipinski definition) is 2. The van der Waals surface area contributed by atoms with E-state index in [-0.39, 0.29) is 0 Å². The monoisotopic (exact) mass is 226 g/mol. The Labute approximate surface area is 90.5 Å². The second kappa shape index (κ2) is 4.08. The molecule has 0 fully saturated rings. The van der Waals surface area contributed by atoms with Crippen molar-refractivity contribution in [2.45, 2.75) is 12.6 Å². The van der Waals surface area contributed by atoms with Crippen molar-refractivity contribution in [2.75, 3.05) is 6.54 Å². The number of dihydropyridines is 1. The highest BCUT2D eigenvalue weighted by Crippen LogP contribution is 2.30. The van der Waals surface area contributed by atoms with E-state index in [0.29, 0.717) is 18.7 Å². The maximum atomic E-state index is 12.5. The third-order valence-electron chi connectivity index (χ3n) is 2.30. The molecule has 0 saturated carbocycles. The first-order chi connectivity index (χ1) is 7.57. The molecule has 0 saturated heterocycles. The van der Waals surface area contributed by atoms with Crippen LogP contribution in [0.4, 0.5) is 13.2 Å². The summed E-state index contributed by atoms with van der Waals surface area (Å²) in [6.07, 6.45) is 0.889. The van der Waals surface area contributed by atoms with Crippen LogP contribution < -0.4 is 0 Å². The van der Waals surface area contributed by atoms with Crippen LogP contribution >= 0.6 is 0 Å². The number of hydrogen-bond donors (Lipinski definition) is 0. The predicted molar refractivity (Wildman–Crippen MR) is 55.2 cm³/mol. The SMILES string of the molecule is FC(F)(F)c1ccnc(C2=CCN=CC2)c1. The van der Waals surface area contributed by atoms with E-state index in [0.717, 1.165) is 17.7 Å². The Bertz CT molecular complexity index is 447. The summed E-state index contributed by atoms with van der Waals surface area (Å²) in [5.74, 6) is 0. The van der Waals surface area contributed by atoms with Crippen molar-refractivity contribution in [3.8, 4) is 0 Å². The van der Waals surface area contributed by atoms with E-state index in [1.54, 1.807) is 12.3 Å². The van der Waals surface area contributed by atoms with E-state index in [4.69, 9.17) is 0 Å². The predicted octanol–water partition coefficient (Wildman–Crippen LogP) is 2.96. The Kier molecular flexibility index (Phi) is 2.77. The molecule has 0 spiro atoms. The molecule has 2 nitrogen and oxygen atoms in total. The Hall–Kier alpha value is -1.65. The van der Waals surface area contributed by atoms with Gasteiger partial charge in [0.05, 0.1) is 17.8 Å². The van der Waals surface area contributed by atoms with Crippen LogP contribution in [0.5, 0.6) is 0 Å². The lowest BCUT2D eigenvalue weighted by Gasteiger charge is -2.10. The zero-order valence-corrected chi connectivity index (χ0v) is 8.33. The van der Waals surface area contributed by atoms with Gasteiger partial charge in [-0.2, -0.15) is 13.2 Å². The molecule has 0 bridgehead atoms. The zero-order valence-electron chi connectivity index (χ0n) is 8.33. The van der Waals surface area contributed by atoms with Crippen molar-refractivity contribution in [3.63, 3.8) is 0 Å². The molecule has 0 aromatic carbocycles. The number of nitrogens with zero attached hydrogens (tertiary/aromatic N) is 2. The van der Waals surface area contributed by atoms with Gasteiger partial charge in [0.25, 0.3) is 0 Å². The topological polar surface area (TPSA) is 25.2 Å². The summed E-state index contributed by atoms with van der Waals surface area (Å²) < 4.78 is 37.4. The minimum Gasteiger partial charge on any atom is -0.293 e. The second-order valence-corrected chi connectivity index (χ2v) is 3.41. The number of aromatic nitrogens is 1. The van der Waals surface area contributed by atoms with Crippen LogP contribution in [0, 0.1) is 0 Å². The van der Waals surface area contributed by atoms with Gasteiger partial charge >= 0.3 is 6.18 Å². The molecule has 0 radical (unpaired) electrons. The summed E-state index contributed by atoms with van der Waals surface area (Å²) >= 11 is 0. The summed E-state index contributed by atoms with van der Waals surface area (Å²) in [6, 6.07) is 2.05. The minimum atomic E-state index is -4.32. The molecular formula is C11H9F3N2. The molecule has 0 unspecified atom stereocenters. The van der Waals surface area contributed by atoms with Crippen LogP contribution in [0.1, 0.15) is 17.7 Å². The van der Waals surface area contributed by atoms with Crippen LogP contribution in [-0.2, 0) is 6.18 Å². The van der Waals surface area contributed by atoms with Gasteiger partial charge in [0.1, 0.15) is 0 Å². The summed E-state index contributed by atoms with van der Waals surface area (Å²) in [7, 11) is 0. The van der Waals surface area contributed by atoms with Gasteiger partial charge in [-0.05, 0) is 17.7 Å². The summed E-state index contributed by atoms with van der Waals surface area (Å²) in [6.45, 7) is 0.507. The highest BCUT2D eigenvalue weighted by Gasteiger charge is 2.30. The van der Waals surface area contributed by atoms with E-state index in [2.05, 4.69) is 9.98 Å². The number of halogens is 3. The fourth-order valence-corrected chi connectivity index (χ4v) is 1.48. The van der Waals surface area contributed by atoms with Gasteiger partial charge < -0.3 is 0 Å². The molecule has 0 amide bonds. The molecular weight excluding hydrogens is 217 g/mol. The van der Waals surface area contributed by atoms with Crippen LogP contribution in [0.2, 0.25) is 0 Å². The lowest BCUT2D eigenvalue weighted by molar-refractivity contribution is -0.137.